The van der Waals surface area contributed by atoms with Gasteiger partial charge in [-0.25, -0.2) is 0 Å². The van der Waals surface area contributed by atoms with Gasteiger partial charge in [0.05, 0.1) is 18.8 Å². The summed E-state index contributed by atoms with van der Waals surface area (Å²) in [5.41, 5.74) is 4.83. The molecular formula is C26H27NO2. The van der Waals surface area contributed by atoms with Crippen LogP contribution in [-0.2, 0) is 29.0 Å². The Morgan fingerprint density at radius 3 is 2.28 bits per heavy atom. The predicted molar refractivity (Wildman–Crippen MR) is 115 cm³/mol. The van der Waals surface area contributed by atoms with Gasteiger partial charge < -0.3 is 10.1 Å². The molecule has 3 aromatic rings. The highest BCUT2D eigenvalue weighted by molar-refractivity contribution is 5.77. The van der Waals surface area contributed by atoms with Gasteiger partial charge in [-0.1, -0.05) is 84.9 Å². The molecule has 3 heteroatoms. The number of rotatable bonds is 7. The summed E-state index contributed by atoms with van der Waals surface area (Å²) in [7, 11) is 0. The minimum absolute atomic E-state index is 0.0224. The first-order valence-electron chi connectivity index (χ1n) is 10.4. The largest absolute Gasteiger partial charge is 0.371 e. The van der Waals surface area contributed by atoms with Crippen LogP contribution in [0.2, 0.25) is 0 Å². The molecule has 0 bridgehead atoms. The Hall–Kier alpha value is -2.91. The molecule has 1 aliphatic carbocycles. The molecule has 29 heavy (non-hydrogen) atoms. The Balaban J connectivity index is 1.44. The molecule has 3 aromatic carbocycles. The summed E-state index contributed by atoms with van der Waals surface area (Å²) in [4.78, 5) is 12.7. The fourth-order valence-corrected chi connectivity index (χ4v) is 4.01. The number of amides is 1. The highest BCUT2D eigenvalue weighted by Gasteiger charge is 2.31. The summed E-state index contributed by atoms with van der Waals surface area (Å²) in [6.07, 6.45) is 3.09. The van der Waals surface area contributed by atoms with Crippen molar-refractivity contribution in [3.63, 3.8) is 0 Å². The van der Waals surface area contributed by atoms with E-state index in [2.05, 4.69) is 47.8 Å². The Morgan fingerprint density at radius 2 is 1.52 bits per heavy atom. The van der Waals surface area contributed by atoms with Crippen molar-refractivity contribution in [3.05, 3.63) is 107 Å². The van der Waals surface area contributed by atoms with E-state index in [0.29, 0.717) is 13.0 Å². The normalized spacial score (nSPS) is 18.1. The topological polar surface area (TPSA) is 38.3 Å². The van der Waals surface area contributed by atoms with Crippen LogP contribution in [0, 0.1) is 0 Å². The number of benzene rings is 3. The van der Waals surface area contributed by atoms with Crippen molar-refractivity contribution in [2.45, 2.75) is 44.4 Å². The van der Waals surface area contributed by atoms with Crippen molar-refractivity contribution in [1.82, 2.24) is 5.32 Å². The van der Waals surface area contributed by atoms with Gasteiger partial charge in [0.15, 0.2) is 0 Å². The maximum Gasteiger partial charge on any atom is 0.220 e. The molecule has 0 heterocycles. The Kier molecular flexibility index (Phi) is 6.38. The third kappa shape index (κ3) is 5.12. The average Bonchev–Trinajstić information content (AvgIpc) is 2.78. The van der Waals surface area contributed by atoms with Crippen molar-refractivity contribution in [1.29, 1.82) is 0 Å². The van der Waals surface area contributed by atoms with Crippen LogP contribution in [0.25, 0.3) is 0 Å². The van der Waals surface area contributed by atoms with Gasteiger partial charge in [0.25, 0.3) is 0 Å². The van der Waals surface area contributed by atoms with Gasteiger partial charge in [-0.3, -0.25) is 4.79 Å². The van der Waals surface area contributed by atoms with Crippen LogP contribution in [0.3, 0.4) is 0 Å². The summed E-state index contributed by atoms with van der Waals surface area (Å²) in [5, 5.41) is 3.27. The van der Waals surface area contributed by atoms with Crippen LogP contribution >= 0.6 is 0 Å². The number of carbonyl (C=O) groups is 1. The fraction of sp³-hybridized carbons (Fsp3) is 0.269. The van der Waals surface area contributed by atoms with E-state index in [1.807, 2.05) is 42.5 Å². The first-order valence-corrected chi connectivity index (χ1v) is 10.4. The molecule has 1 N–H and O–H groups in total. The molecule has 3 nitrogen and oxygen atoms in total. The molecule has 0 radical (unpaired) electrons. The molecule has 148 valence electrons. The Bertz CT molecular complexity index is 924. The number of carbonyl (C=O) groups excluding carboxylic acids is 1. The zero-order valence-corrected chi connectivity index (χ0v) is 16.6. The zero-order chi connectivity index (χ0) is 19.9. The molecule has 0 aliphatic heterocycles. The number of ether oxygens (including phenoxy) is 1. The minimum Gasteiger partial charge on any atom is -0.371 e. The van der Waals surface area contributed by atoms with Gasteiger partial charge >= 0.3 is 0 Å². The second kappa shape index (κ2) is 9.53. The van der Waals surface area contributed by atoms with Gasteiger partial charge in [0.1, 0.15) is 0 Å². The van der Waals surface area contributed by atoms with Crippen LogP contribution < -0.4 is 5.32 Å². The summed E-state index contributed by atoms with van der Waals surface area (Å²) in [5.74, 6) is 0.0730. The second-order valence-corrected chi connectivity index (χ2v) is 7.60. The highest BCUT2D eigenvalue weighted by Crippen LogP contribution is 2.32. The Labute approximate surface area is 172 Å². The summed E-state index contributed by atoms with van der Waals surface area (Å²) in [6.45, 7) is 0.560. The molecule has 1 amide bonds. The number of hydrogen-bond donors (Lipinski definition) is 1. The predicted octanol–water partition coefficient (Wildman–Crippen LogP) is 5.01. The molecule has 0 unspecified atom stereocenters. The molecule has 1 aliphatic rings. The Morgan fingerprint density at radius 1 is 0.862 bits per heavy atom. The first kappa shape index (κ1) is 19.4. The smallest absolute Gasteiger partial charge is 0.220 e. The first-order chi connectivity index (χ1) is 14.3. The maximum absolute atomic E-state index is 12.7. The van der Waals surface area contributed by atoms with E-state index in [1.165, 1.54) is 16.7 Å². The number of fused-ring (bicyclic) bond motifs is 1. The molecule has 0 spiro atoms. The second-order valence-electron chi connectivity index (χ2n) is 7.60. The van der Waals surface area contributed by atoms with Crippen LogP contribution in [0.5, 0.6) is 0 Å². The van der Waals surface area contributed by atoms with Gasteiger partial charge in [-0.2, -0.15) is 0 Å². The van der Waals surface area contributed by atoms with E-state index in [4.69, 9.17) is 4.74 Å². The third-order valence-electron chi connectivity index (χ3n) is 5.57. The summed E-state index contributed by atoms with van der Waals surface area (Å²) >= 11 is 0. The van der Waals surface area contributed by atoms with E-state index >= 15 is 0 Å². The minimum atomic E-state index is -0.105. The van der Waals surface area contributed by atoms with Crippen LogP contribution in [-0.4, -0.2) is 12.0 Å². The molecule has 0 saturated carbocycles. The molecule has 0 aromatic heterocycles. The highest BCUT2D eigenvalue weighted by atomic mass is 16.5. The average molecular weight is 386 g/mol. The maximum atomic E-state index is 12.7. The molecule has 0 saturated heterocycles. The summed E-state index contributed by atoms with van der Waals surface area (Å²) in [6, 6.07) is 28.6. The van der Waals surface area contributed by atoms with Gasteiger partial charge in [0.2, 0.25) is 5.91 Å². The lowest BCUT2D eigenvalue weighted by Gasteiger charge is -2.34. The van der Waals surface area contributed by atoms with Crippen molar-refractivity contribution in [2.24, 2.45) is 0 Å². The van der Waals surface area contributed by atoms with E-state index in [-0.39, 0.29) is 18.1 Å². The lowest BCUT2D eigenvalue weighted by Crippen LogP contribution is -2.40. The molecule has 4 rings (SSSR count). The molecule has 0 fully saturated rings. The standard InChI is InChI=1S/C26H27NO2/c28-25(18-15-20-9-3-1-4-10-20)27-26-23-14-8-7-13-22(23)16-17-24(26)29-19-21-11-5-2-6-12-21/h1-14,24,26H,15-19H2,(H,27,28)/t24-,26+/m0/s1. The van der Waals surface area contributed by atoms with Gasteiger partial charge in [-0.05, 0) is 41.5 Å². The summed E-state index contributed by atoms with van der Waals surface area (Å²) < 4.78 is 6.29. The lowest BCUT2D eigenvalue weighted by molar-refractivity contribution is -0.123. The fourth-order valence-electron chi connectivity index (χ4n) is 4.01. The molecular weight excluding hydrogens is 358 g/mol. The SMILES string of the molecule is O=C(CCc1ccccc1)N[C@@H]1c2ccccc2CC[C@@H]1OCc1ccccc1. The zero-order valence-electron chi connectivity index (χ0n) is 16.6. The van der Waals surface area contributed by atoms with E-state index in [0.717, 1.165) is 24.8 Å². The van der Waals surface area contributed by atoms with Crippen molar-refractivity contribution < 1.29 is 9.53 Å². The van der Waals surface area contributed by atoms with E-state index < -0.39 is 0 Å². The van der Waals surface area contributed by atoms with Gasteiger partial charge in [0, 0.05) is 6.42 Å². The van der Waals surface area contributed by atoms with Gasteiger partial charge in [-0.15, -0.1) is 0 Å². The number of hydrogen-bond acceptors (Lipinski definition) is 2. The van der Waals surface area contributed by atoms with Crippen molar-refractivity contribution >= 4 is 5.91 Å². The van der Waals surface area contributed by atoms with Crippen molar-refractivity contribution in [3.8, 4) is 0 Å². The van der Waals surface area contributed by atoms with Crippen LogP contribution in [0.4, 0.5) is 0 Å². The van der Waals surface area contributed by atoms with Crippen LogP contribution in [0.15, 0.2) is 84.9 Å². The van der Waals surface area contributed by atoms with Crippen molar-refractivity contribution in [2.75, 3.05) is 0 Å². The van der Waals surface area contributed by atoms with E-state index in [1.54, 1.807) is 0 Å². The number of nitrogens with one attached hydrogen (secondary N) is 1. The number of aryl methyl sites for hydroxylation is 2. The monoisotopic (exact) mass is 385 g/mol. The van der Waals surface area contributed by atoms with Crippen LogP contribution in [0.1, 0.15) is 41.1 Å². The third-order valence-corrected chi connectivity index (χ3v) is 5.57. The van der Waals surface area contributed by atoms with E-state index in [9.17, 15) is 4.79 Å². The quantitative estimate of drug-likeness (QED) is 0.621. The lowest BCUT2D eigenvalue weighted by atomic mass is 9.85. The molecule has 2 atom stereocenters.